The van der Waals surface area contributed by atoms with Crippen molar-refractivity contribution in [2.24, 2.45) is 0 Å². The van der Waals surface area contributed by atoms with Gasteiger partial charge in [0.1, 0.15) is 12.6 Å². The number of hydrogen-bond donors (Lipinski definition) is 2. The molecule has 252 valence electrons. The maximum absolute atomic E-state index is 12.5. The summed E-state index contributed by atoms with van der Waals surface area (Å²) in [5.74, 6) is -1.33. The van der Waals surface area contributed by atoms with Gasteiger partial charge in [-0.05, 0) is 38.2 Å². The Hall–Kier alpha value is -1.85. The third-order valence-corrected chi connectivity index (χ3v) is 8.17. The highest BCUT2D eigenvalue weighted by atomic mass is 16.5. The molecule has 0 rings (SSSR count). The molecular formula is C37H69NO5. The van der Waals surface area contributed by atoms with Gasteiger partial charge in [0.15, 0.2) is 0 Å². The van der Waals surface area contributed by atoms with E-state index in [2.05, 4.69) is 31.3 Å². The molecule has 0 aromatic heterocycles. The van der Waals surface area contributed by atoms with Gasteiger partial charge in [-0.1, -0.05) is 155 Å². The predicted octanol–water partition coefficient (Wildman–Crippen LogP) is 10.6. The number of carboxylic acids is 1. The number of ether oxygens (including phenoxy) is 1. The summed E-state index contributed by atoms with van der Waals surface area (Å²) in [6.45, 7) is 4.13. The number of hydrogen-bond acceptors (Lipinski definition) is 4. The van der Waals surface area contributed by atoms with Crippen molar-refractivity contribution in [3.8, 4) is 0 Å². The summed E-state index contributed by atoms with van der Waals surface area (Å²) in [5, 5.41) is 11.0. The lowest BCUT2D eigenvalue weighted by molar-refractivity contribution is -0.147. The molecule has 0 aliphatic carbocycles. The topological polar surface area (TPSA) is 92.7 Å². The fourth-order valence-electron chi connectivity index (χ4n) is 5.41. The minimum Gasteiger partial charge on any atom is -0.480 e. The van der Waals surface area contributed by atoms with E-state index in [0.717, 1.165) is 64.2 Å². The lowest BCUT2D eigenvalue weighted by Crippen LogP contribution is -2.28. The van der Waals surface area contributed by atoms with Gasteiger partial charge in [0, 0.05) is 12.8 Å². The normalized spacial score (nSPS) is 12.0. The number of carbonyl (C=O) groups is 3. The minimum atomic E-state index is -1.03. The summed E-state index contributed by atoms with van der Waals surface area (Å²) in [7, 11) is 0. The first-order valence-corrected chi connectivity index (χ1v) is 18.3. The second kappa shape index (κ2) is 33.1. The Morgan fingerprint density at radius 2 is 1.05 bits per heavy atom. The molecule has 0 aromatic rings. The molecule has 6 nitrogen and oxygen atoms in total. The van der Waals surface area contributed by atoms with Crippen molar-refractivity contribution >= 4 is 17.8 Å². The zero-order valence-electron chi connectivity index (χ0n) is 28.3. The number of esters is 1. The average molecular weight is 608 g/mol. The van der Waals surface area contributed by atoms with E-state index in [9.17, 15) is 14.4 Å². The summed E-state index contributed by atoms with van der Waals surface area (Å²) in [4.78, 5) is 34.6. The van der Waals surface area contributed by atoms with Crippen LogP contribution in [0, 0.1) is 0 Å². The molecule has 2 N–H and O–H groups in total. The van der Waals surface area contributed by atoms with Crippen molar-refractivity contribution in [3.05, 3.63) is 12.2 Å². The van der Waals surface area contributed by atoms with Crippen LogP contribution in [0.15, 0.2) is 12.2 Å². The lowest BCUT2D eigenvalue weighted by atomic mass is 10.0. The first kappa shape index (κ1) is 41.1. The minimum absolute atomic E-state index is 0.0864. The summed E-state index contributed by atoms with van der Waals surface area (Å²) in [6.07, 6.45) is 36.6. The zero-order chi connectivity index (χ0) is 31.6. The van der Waals surface area contributed by atoms with Crippen LogP contribution in [0.3, 0.4) is 0 Å². The number of allylic oxidation sites excluding steroid dienone is 1. The lowest BCUT2D eigenvalue weighted by Gasteiger charge is -2.15. The molecular weight excluding hydrogens is 538 g/mol. The molecule has 1 unspecified atom stereocenters. The summed E-state index contributed by atoms with van der Waals surface area (Å²) < 4.78 is 5.82. The molecule has 1 atom stereocenters. The van der Waals surface area contributed by atoms with Crippen LogP contribution in [0.1, 0.15) is 194 Å². The van der Waals surface area contributed by atoms with Crippen molar-refractivity contribution in [2.75, 3.05) is 6.54 Å². The number of amides is 1. The van der Waals surface area contributed by atoms with Gasteiger partial charge in [-0.25, -0.2) is 0 Å². The van der Waals surface area contributed by atoms with Crippen molar-refractivity contribution in [2.45, 2.75) is 200 Å². The molecule has 0 aliphatic heterocycles. The van der Waals surface area contributed by atoms with Gasteiger partial charge in [-0.15, -0.1) is 0 Å². The van der Waals surface area contributed by atoms with Crippen LogP contribution in [0.2, 0.25) is 0 Å². The van der Waals surface area contributed by atoms with Crippen LogP contribution in [0.25, 0.3) is 0 Å². The Balaban J connectivity index is 3.81. The van der Waals surface area contributed by atoms with Crippen molar-refractivity contribution < 1.29 is 24.2 Å². The quantitative estimate of drug-likeness (QED) is 0.0440. The van der Waals surface area contributed by atoms with Crippen molar-refractivity contribution in [1.29, 1.82) is 0 Å². The van der Waals surface area contributed by atoms with E-state index < -0.39 is 5.97 Å². The molecule has 0 saturated carbocycles. The van der Waals surface area contributed by atoms with Crippen LogP contribution >= 0.6 is 0 Å². The van der Waals surface area contributed by atoms with E-state index in [4.69, 9.17) is 9.84 Å². The first-order valence-electron chi connectivity index (χ1n) is 18.3. The van der Waals surface area contributed by atoms with Gasteiger partial charge in [-0.3, -0.25) is 14.4 Å². The summed E-state index contributed by atoms with van der Waals surface area (Å²) in [6, 6.07) is 0. The third-order valence-electron chi connectivity index (χ3n) is 8.17. The van der Waals surface area contributed by atoms with Crippen LogP contribution in [0.5, 0.6) is 0 Å². The molecule has 0 aliphatic rings. The van der Waals surface area contributed by atoms with E-state index in [1.54, 1.807) is 0 Å². The Kier molecular flexibility index (Phi) is 31.6. The number of carboxylic acid groups (broad SMARTS) is 1. The molecule has 6 heteroatoms. The van der Waals surface area contributed by atoms with Crippen molar-refractivity contribution in [3.63, 3.8) is 0 Å². The van der Waals surface area contributed by atoms with Crippen LogP contribution in [0.4, 0.5) is 0 Å². The zero-order valence-corrected chi connectivity index (χ0v) is 28.3. The largest absolute Gasteiger partial charge is 0.480 e. The SMILES string of the molecule is CCCC/C=C\C(CCCCCCC(=O)NCC(=O)O)OC(=O)CCCCCCCCCCCCCCCCCCCC. The smallest absolute Gasteiger partial charge is 0.322 e. The highest BCUT2D eigenvalue weighted by molar-refractivity contribution is 5.80. The Morgan fingerprint density at radius 1 is 0.605 bits per heavy atom. The second-order valence-corrected chi connectivity index (χ2v) is 12.5. The highest BCUT2D eigenvalue weighted by Crippen LogP contribution is 2.16. The standard InChI is InChI=1S/C37H69NO5/c1-3-5-7-9-10-11-12-13-14-15-16-17-18-19-20-21-22-28-32-37(42)43-34(29-25-8-6-4-2)30-26-23-24-27-31-35(39)38-33-36(40)41/h25,29,34H,3-24,26-28,30-33H2,1-2H3,(H,38,39)(H,40,41)/b29-25-. The van der Waals surface area contributed by atoms with Crippen LogP contribution in [-0.2, 0) is 19.1 Å². The van der Waals surface area contributed by atoms with E-state index in [0.29, 0.717) is 12.8 Å². The second-order valence-electron chi connectivity index (χ2n) is 12.5. The van der Waals surface area contributed by atoms with Crippen LogP contribution in [-0.4, -0.2) is 35.6 Å². The van der Waals surface area contributed by atoms with E-state index in [1.807, 2.05) is 0 Å². The molecule has 0 spiro atoms. The van der Waals surface area contributed by atoms with Crippen LogP contribution < -0.4 is 5.32 Å². The van der Waals surface area contributed by atoms with Gasteiger partial charge in [0.05, 0.1) is 0 Å². The highest BCUT2D eigenvalue weighted by Gasteiger charge is 2.12. The summed E-state index contributed by atoms with van der Waals surface area (Å²) in [5.41, 5.74) is 0. The maximum atomic E-state index is 12.5. The molecule has 1 amide bonds. The molecule has 0 aromatic carbocycles. The van der Waals surface area contributed by atoms with Gasteiger partial charge in [0.25, 0.3) is 0 Å². The molecule has 0 heterocycles. The summed E-state index contributed by atoms with van der Waals surface area (Å²) >= 11 is 0. The molecule has 0 saturated heterocycles. The van der Waals surface area contributed by atoms with E-state index >= 15 is 0 Å². The molecule has 43 heavy (non-hydrogen) atoms. The Morgan fingerprint density at radius 3 is 1.53 bits per heavy atom. The van der Waals surface area contributed by atoms with Gasteiger partial charge in [-0.2, -0.15) is 0 Å². The monoisotopic (exact) mass is 608 g/mol. The van der Waals surface area contributed by atoms with Crippen molar-refractivity contribution in [1.82, 2.24) is 5.32 Å². The van der Waals surface area contributed by atoms with E-state index in [1.165, 1.54) is 103 Å². The number of carbonyl (C=O) groups excluding carboxylic acids is 2. The fraction of sp³-hybridized carbons (Fsp3) is 0.865. The molecule has 0 radical (unpaired) electrons. The maximum Gasteiger partial charge on any atom is 0.322 e. The van der Waals surface area contributed by atoms with Gasteiger partial charge >= 0.3 is 11.9 Å². The first-order chi connectivity index (χ1) is 21.0. The average Bonchev–Trinajstić information content (AvgIpc) is 2.99. The van der Waals surface area contributed by atoms with Gasteiger partial charge < -0.3 is 15.2 Å². The fourth-order valence-corrected chi connectivity index (χ4v) is 5.41. The third kappa shape index (κ3) is 32.9. The number of rotatable bonds is 33. The number of nitrogens with one attached hydrogen (secondary N) is 1. The predicted molar refractivity (Wildman–Crippen MR) is 180 cm³/mol. The Bertz CT molecular complexity index is 678. The molecule has 0 bridgehead atoms. The Labute approximate surface area is 265 Å². The van der Waals surface area contributed by atoms with E-state index in [-0.39, 0.29) is 24.5 Å². The van der Waals surface area contributed by atoms with Gasteiger partial charge in [0.2, 0.25) is 5.91 Å². The number of unbranched alkanes of at least 4 members (excludes halogenated alkanes) is 22. The molecule has 0 fully saturated rings. The number of aliphatic carboxylic acids is 1.